The van der Waals surface area contributed by atoms with Crippen molar-refractivity contribution in [2.75, 3.05) is 0 Å². The summed E-state index contributed by atoms with van der Waals surface area (Å²) in [6.45, 7) is 0. The first-order valence-corrected chi connectivity index (χ1v) is 11.5. The number of fused-ring (bicyclic) bond motifs is 3. The molecule has 0 heterocycles. The van der Waals surface area contributed by atoms with Gasteiger partial charge in [-0.1, -0.05) is 105 Å². The fourth-order valence-corrected chi connectivity index (χ4v) is 5.19. The number of hydrogen-bond acceptors (Lipinski definition) is 0. The first-order valence-electron chi connectivity index (χ1n) is 9.92. The molecule has 0 atom stereocenters. The van der Waals surface area contributed by atoms with Crippen LogP contribution >= 0.6 is 31.9 Å². The van der Waals surface area contributed by atoms with Gasteiger partial charge in [0.25, 0.3) is 0 Å². The van der Waals surface area contributed by atoms with E-state index < -0.39 is 0 Å². The zero-order valence-corrected chi connectivity index (χ0v) is 19.2. The van der Waals surface area contributed by atoms with E-state index in [1.807, 2.05) is 0 Å². The van der Waals surface area contributed by atoms with Gasteiger partial charge >= 0.3 is 0 Å². The summed E-state index contributed by atoms with van der Waals surface area (Å²) in [5, 5.41) is 2.66. The zero-order valence-electron chi connectivity index (χ0n) is 16.0. The molecular formula is C28H16Br2. The van der Waals surface area contributed by atoms with Crippen molar-refractivity contribution < 1.29 is 0 Å². The molecule has 5 aromatic carbocycles. The maximum atomic E-state index is 3.57. The van der Waals surface area contributed by atoms with Crippen LogP contribution in [0.2, 0.25) is 0 Å². The third kappa shape index (κ3) is 2.71. The fraction of sp³-hybridized carbons (Fsp3) is 0. The maximum absolute atomic E-state index is 3.57. The monoisotopic (exact) mass is 510 g/mol. The van der Waals surface area contributed by atoms with Gasteiger partial charge in [0.05, 0.1) is 0 Å². The Bertz CT molecular complexity index is 1320. The number of rotatable bonds is 2. The SMILES string of the molecule is Brc1ccc(-c2ccc(-c3ccc(Br)cc3)c3c2-c2cccc4cccc-3c24)cc1. The molecule has 0 saturated carbocycles. The summed E-state index contributed by atoms with van der Waals surface area (Å²) in [6, 6.07) is 35.1. The highest BCUT2D eigenvalue weighted by atomic mass is 79.9. The molecule has 2 heteroatoms. The molecule has 0 radical (unpaired) electrons. The summed E-state index contributed by atoms with van der Waals surface area (Å²) < 4.78 is 2.19. The molecule has 0 spiro atoms. The van der Waals surface area contributed by atoms with E-state index in [1.165, 1.54) is 55.3 Å². The van der Waals surface area contributed by atoms with Crippen molar-refractivity contribution in [1.29, 1.82) is 0 Å². The minimum atomic E-state index is 1.10. The van der Waals surface area contributed by atoms with Gasteiger partial charge in [-0.3, -0.25) is 0 Å². The van der Waals surface area contributed by atoms with E-state index in [2.05, 4.69) is 129 Å². The molecule has 0 bridgehead atoms. The van der Waals surface area contributed by atoms with Crippen LogP contribution in [0.4, 0.5) is 0 Å². The summed E-state index contributed by atoms with van der Waals surface area (Å²) in [4.78, 5) is 0. The van der Waals surface area contributed by atoms with E-state index >= 15 is 0 Å². The van der Waals surface area contributed by atoms with Crippen molar-refractivity contribution in [3.8, 4) is 44.5 Å². The third-order valence-corrected chi connectivity index (χ3v) is 7.02. The van der Waals surface area contributed by atoms with E-state index in [-0.39, 0.29) is 0 Å². The van der Waals surface area contributed by atoms with Crippen LogP contribution in [-0.4, -0.2) is 0 Å². The molecule has 30 heavy (non-hydrogen) atoms. The number of hydrogen-bond donors (Lipinski definition) is 0. The predicted octanol–water partition coefficient (Wildman–Crippen LogP) is 9.35. The third-order valence-electron chi connectivity index (χ3n) is 5.96. The minimum absolute atomic E-state index is 1.10. The highest BCUT2D eigenvalue weighted by Crippen LogP contribution is 2.54. The van der Waals surface area contributed by atoms with Crippen molar-refractivity contribution in [2.24, 2.45) is 0 Å². The normalized spacial score (nSPS) is 11.7. The lowest BCUT2D eigenvalue weighted by molar-refractivity contribution is 1.57. The highest BCUT2D eigenvalue weighted by Gasteiger charge is 2.27. The highest BCUT2D eigenvalue weighted by molar-refractivity contribution is 9.10. The zero-order chi connectivity index (χ0) is 20.2. The predicted molar refractivity (Wildman–Crippen MR) is 135 cm³/mol. The topological polar surface area (TPSA) is 0 Å². The van der Waals surface area contributed by atoms with Gasteiger partial charge in [-0.25, -0.2) is 0 Å². The molecule has 0 N–H and O–H groups in total. The second-order valence-corrected chi connectivity index (χ2v) is 9.47. The largest absolute Gasteiger partial charge is 0.0610 e. The molecule has 0 aromatic heterocycles. The molecule has 6 rings (SSSR count). The van der Waals surface area contributed by atoms with Gasteiger partial charge in [-0.05, 0) is 79.5 Å². The molecule has 142 valence electrons. The van der Waals surface area contributed by atoms with E-state index in [4.69, 9.17) is 0 Å². The minimum Gasteiger partial charge on any atom is -0.0610 e. The molecule has 0 nitrogen and oxygen atoms in total. The molecule has 5 aromatic rings. The van der Waals surface area contributed by atoms with E-state index in [9.17, 15) is 0 Å². The molecule has 0 unspecified atom stereocenters. The van der Waals surface area contributed by atoms with Gasteiger partial charge in [-0.15, -0.1) is 0 Å². The van der Waals surface area contributed by atoms with Crippen molar-refractivity contribution in [3.63, 3.8) is 0 Å². The molecule has 0 amide bonds. The average molecular weight is 512 g/mol. The molecule has 1 aliphatic carbocycles. The van der Waals surface area contributed by atoms with Gasteiger partial charge in [0.1, 0.15) is 0 Å². The van der Waals surface area contributed by atoms with Crippen molar-refractivity contribution in [3.05, 3.63) is 106 Å². The average Bonchev–Trinajstić information content (AvgIpc) is 3.12. The van der Waals surface area contributed by atoms with Crippen molar-refractivity contribution >= 4 is 42.6 Å². The lowest BCUT2D eigenvalue weighted by atomic mass is 9.88. The van der Waals surface area contributed by atoms with Crippen LogP contribution in [0.25, 0.3) is 55.3 Å². The Morgan fingerprint density at radius 2 is 0.833 bits per heavy atom. The first-order chi connectivity index (χ1) is 14.7. The van der Waals surface area contributed by atoms with E-state index in [0.717, 1.165) is 8.95 Å². The number of benzene rings is 5. The number of halogens is 2. The summed E-state index contributed by atoms with van der Waals surface area (Å²) in [6.07, 6.45) is 0. The van der Waals surface area contributed by atoms with Crippen LogP contribution in [0.3, 0.4) is 0 Å². The summed E-state index contributed by atoms with van der Waals surface area (Å²) in [7, 11) is 0. The summed E-state index contributed by atoms with van der Waals surface area (Å²) in [5.41, 5.74) is 10.4. The van der Waals surface area contributed by atoms with Crippen LogP contribution < -0.4 is 0 Å². The molecule has 0 aliphatic heterocycles. The lowest BCUT2D eigenvalue weighted by Gasteiger charge is -2.16. The van der Waals surface area contributed by atoms with Crippen LogP contribution in [0, 0.1) is 0 Å². The van der Waals surface area contributed by atoms with Gasteiger partial charge in [0.15, 0.2) is 0 Å². The lowest BCUT2D eigenvalue weighted by Crippen LogP contribution is -1.89. The summed E-state index contributed by atoms with van der Waals surface area (Å²) >= 11 is 7.14. The molecule has 1 aliphatic rings. The smallest absolute Gasteiger partial charge is 0.0175 e. The second kappa shape index (κ2) is 6.94. The Morgan fingerprint density at radius 1 is 0.400 bits per heavy atom. The fourth-order valence-electron chi connectivity index (χ4n) is 4.66. The molecule has 0 fully saturated rings. The van der Waals surface area contributed by atoms with Gasteiger partial charge < -0.3 is 0 Å². The van der Waals surface area contributed by atoms with Gasteiger partial charge in [0.2, 0.25) is 0 Å². The first kappa shape index (κ1) is 18.1. The van der Waals surface area contributed by atoms with Crippen LogP contribution in [-0.2, 0) is 0 Å². The van der Waals surface area contributed by atoms with Crippen LogP contribution in [0.15, 0.2) is 106 Å². The van der Waals surface area contributed by atoms with Crippen LogP contribution in [0.1, 0.15) is 0 Å². The summed E-state index contributed by atoms with van der Waals surface area (Å²) in [5.74, 6) is 0. The van der Waals surface area contributed by atoms with Crippen molar-refractivity contribution in [1.82, 2.24) is 0 Å². The standard InChI is InChI=1S/C28H16Br2/c29-20-11-7-17(8-12-20)22-15-16-23(18-9-13-21(30)14-10-18)28-25-6-2-4-19-3-1-5-24(26(19)25)27(22)28/h1-16H. The van der Waals surface area contributed by atoms with E-state index in [1.54, 1.807) is 0 Å². The quantitative estimate of drug-likeness (QED) is 0.217. The Morgan fingerprint density at radius 3 is 1.27 bits per heavy atom. The van der Waals surface area contributed by atoms with Gasteiger partial charge in [0, 0.05) is 8.95 Å². The Hall–Kier alpha value is -2.68. The Labute approximate surface area is 192 Å². The second-order valence-electron chi connectivity index (χ2n) is 7.63. The molecular weight excluding hydrogens is 496 g/mol. The van der Waals surface area contributed by atoms with E-state index in [0.29, 0.717) is 0 Å². The maximum Gasteiger partial charge on any atom is 0.0175 e. The Balaban J connectivity index is 1.73. The Kier molecular flexibility index (Phi) is 4.19. The van der Waals surface area contributed by atoms with Crippen molar-refractivity contribution in [2.45, 2.75) is 0 Å². The van der Waals surface area contributed by atoms with Crippen LogP contribution in [0.5, 0.6) is 0 Å². The van der Waals surface area contributed by atoms with Gasteiger partial charge in [-0.2, -0.15) is 0 Å². The molecule has 0 saturated heterocycles.